The molecule has 1 amide bonds. The summed E-state index contributed by atoms with van der Waals surface area (Å²) in [6.45, 7) is 0. The molecule has 1 heterocycles. The highest BCUT2D eigenvalue weighted by atomic mass is 32.1. The Hall–Kier alpha value is -3.46. The number of carbonyl (C=O) groups excluding carboxylic acids is 1. The number of nitro groups is 1. The summed E-state index contributed by atoms with van der Waals surface area (Å²) in [6, 6.07) is 11.5. The second kappa shape index (κ2) is 7.04. The summed E-state index contributed by atoms with van der Waals surface area (Å²) in [5.74, 6) is -0.993. The SMILES string of the molecule is COc1cc(/C=C2/C(=O)N(c3ccccc3)C(=S)N2C)cc([N+](=O)[O-])c1O. The first kappa shape index (κ1) is 18.3. The van der Waals surface area contributed by atoms with E-state index in [4.69, 9.17) is 17.0 Å². The Morgan fingerprint density at radius 3 is 2.52 bits per heavy atom. The highest BCUT2D eigenvalue weighted by Crippen LogP contribution is 2.38. The minimum Gasteiger partial charge on any atom is -0.500 e. The number of methoxy groups -OCH3 is 1. The first-order chi connectivity index (χ1) is 12.8. The van der Waals surface area contributed by atoms with E-state index in [-0.39, 0.29) is 22.5 Å². The number of carbonyl (C=O) groups is 1. The Balaban J connectivity index is 2.07. The van der Waals surface area contributed by atoms with Gasteiger partial charge in [0.15, 0.2) is 10.9 Å². The summed E-state index contributed by atoms with van der Waals surface area (Å²) < 4.78 is 4.99. The van der Waals surface area contributed by atoms with Crippen LogP contribution in [0.3, 0.4) is 0 Å². The molecule has 1 aliphatic heterocycles. The molecule has 1 N–H and O–H groups in total. The largest absolute Gasteiger partial charge is 0.500 e. The van der Waals surface area contributed by atoms with Crippen molar-refractivity contribution in [1.29, 1.82) is 0 Å². The fourth-order valence-electron chi connectivity index (χ4n) is 2.71. The molecule has 138 valence electrons. The predicted octanol–water partition coefficient (Wildman–Crippen LogP) is 2.91. The lowest BCUT2D eigenvalue weighted by molar-refractivity contribution is -0.386. The van der Waals surface area contributed by atoms with Crippen molar-refractivity contribution in [3.8, 4) is 11.5 Å². The number of benzene rings is 2. The summed E-state index contributed by atoms with van der Waals surface area (Å²) in [6.07, 6.45) is 1.46. The lowest BCUT2D eigenvalue weighted by atomic mass is 10.1. The van der Waals surface area contributed by atoms with Crippen molar-refractivity contribution in [1.82, 2.24) is 4.90 Å². The van der Waals surface area contributed by atoms with Crippen molar-refractivity contribution >= 4 is 40.7 Å². The maximum Gasteiger partial charge on any atom is 0.315 e. The van der Waals surface area contributed by atoms with Gasteiger partial charge in [0.1, 0.15) is 5.70 Å². The molecule has 0 aromatic heterocycles. The molecule has 1 aliphatic rings. The number of para-hydroxylation sites is 1. The molecule has 8 nitrogen and oxygen atoms in total. The Kier molecular flexibility index (Phi) is 4.78. The maximum atomic E-state index is 12.9. The van der Waals surface area contributed by atoms with Gasteiger partial charge in [-0.2, -0.15) is 0 Å². The van der Waals surface area contributed by atoms with Crippen LogP contribution in [0.1, 0.15) is 5.56 Å². The minimum atomic E-state index is -0.721. The van der Waals surface area contributed by atoms with E-state index in [0.29, 0.717) is 11.3 Å². The normalized spacial score (nSPS) is 15.6. The van der Waals surface area contributed by atoms with E-state index in [9.17, 15) is 20.0 Å². The third-order valence-electron chi connectivity index (χ3n) is 4.07. The van der Waals surface area contributed by atoms with Gasteiger partial charge in [-0.05, 0) is 42.1 Å². The molecule has 0 unspecified atom stereocenters. The van der Waals surface area contributed by atoms with Gasteiger partial charge < -0.3 is 14.7 Å². The van der Waals surface area contributed by atoms with Crippen molar-refractivity contribution in [2.45, 2.75) is 0 Å². The van der Waals surface area contributed by atoms with Gasteiger partial charge in [0.05, 0.1) is 17.7 Å². The summed E-state index contributed by atoms with van der Waals surface area (Å²) >= 11 is 5.37. The van der Waals surface area contributed by atoms with Crippen molar-refractivity contribution in [3.05, 3.63) is 63.8 Å². The molecular weight excluding hydrogens is 370 g/mol. The monoisotopic (exact) mass is 385 g/mol. The molecular formula is C18H15N3O5S. The zero-order valence-corrected chi connectivity index (χ0v) is 15.3. The number of anilines is 1. The third kappa shape index (κ3) is 3.20. The summed E-state index contributed by atoms with van der Waals surface area (Å²) in [4.78, 5) is 26.2. The number of ether oxygens (including phenoxy) is 1. The zero-order chi connectivity index (χ0) is 19.7. The topological polar surface area (TPSA) is 96.2 Å². The van der Waals surface area contributed by atoms with E-state index >= 15 is 0 Å². The van der Waals surface area contributed by atoms with E-state index in [2.05, 4.69) is 0 Å². The first-order valence-electron chi connectivity index (χ1n) is 7.79. The van der Waals surface area contributed by atoms with Crippen molar-refractivity contribution in [2.75, 3.05) is 19.1 Å². The van der Waals surface area contributed by atoms with Crippen molar-refractivity contribution in [2.24, 2.45) is 0 Å². The highest BCUT2D eigenvalue weighted by molar-refractivity contribution is 7.80. The summed E-state index contributed by atoms with van der Waals surface area (Å²) in [5, 5.41) is 21.3. The van der Waals surface area contributed by atoms with Gasteiger partial charge in [-0.1, -0.05) is 18.2 Å². The van der Waals surface area contributed by atoms with Crippen LogP contribution in [0.15, 0.2) is 48.2 Å². The number of nitrogens with zero attached hydrogens (tertiary/aromatic N) is 3. The van der Waals surface area contributed by atoms with Crippen LogP contribution in [0, 0.1) is 10.1 Å². The molecule has 0 spiro atoms. The summed E-state index contributed by atoms with van der Waals surface area (Å²) in [7, 11) is 2.93. The molecule has 0 bridgehead atoms. The first-order valence-corrected chi connectivity index (χ1v) is 8.20. The second-order valence-corrected chi connectivity index (χ2v) is 6.06. The fourth-order valence-corrected chi connectivity index (χ4v) is 3.00. The Labute approximate surface area is 160 Å². The number of hydrogen-bond acceptors (Lipinski definition) is 6. The quantitative estimate of drug-likeness (QED) is 0.374. The highest BCUT2D eigenvalue weighted by Gasteiger charge is 2.36. The van der Waals surface area contributed by atoms with Gasteiger partial charge in [-0.25, -0.2) is 0 Å². The molecule has 0 atom stereocenters. The number of nitro benzene ring substituents is 1. The number of rotatable bonds is 4. The molecule has 1 fully saturated rings. The van der Waals surface area contributed by atoms with Crippen molar-refractivity contribution < 1.29 is 19.6 Å². The zero-order valence-electron chi connectivity index (χ0n) is 14.4. The number of amides is 1. The second-order valence-electron chi connectivity index (χ2n) is 5.70. The van der Waals surface area contributed by atoms with Crippen LogP contribution in [0.2, 0.25) is 0 Å². The van der Waals surface area contributed by atoms with Gasteiger partial charge in [0.2, 0.25) is 5.75 Å². The number of likely N-dealkylation sites (N-methyl/N-ethyl adjacent to an activating group) is 1. The standard InChI is InChI=1S/C18H15N3O5S/c1-19-14(17(23)20(18(19)27)12-6-4-3-5-7-12)9-11-8-13(21(24)25)16(22)15(10-11)26-2/h3-10,22H,1-2H3/b14-9-. The molecule has 9 heteroatoms. The van der Waals surface area contributed by atoms with E-state index in [1.54, 1.807) is 31.3 Å². The average molecular weight is 385 g/mol. The minimum absolute atomic E-state index is 0.0633. The Morgan fingerprint density at radius 1 is 1.26 bits per heavy atom. The number of hydrogen-bond donors (Lipinski definition) is 1. The fraction of sp³-hybridized carbons (Fsp3) is 0.111. The van der Waals surface area contributed by atoms with Crippen LogP contribution in [0.5, 0.6) is 11.5 Å². The molecule has 1 saturated heterocycles. The Morgan fingerprint density at radius 2 is 1.93 bits per heavy atom. The number of aromatic hydroxyl groups is 1. The van der Waals surface area contributed by atoms with E-state index in [0.717, 1.165) is 0 Å². The lowest BCUT2D eigenvalue weighted by Gasteiger charge is -2.16. The molecule has 2 aromatic carbocycles. The molecule has 0 aliphatic carbocycles. The number of thiocarbonyl (C=S) groups is 1. The van der Waals surface area contributed by atoms with Crippen LogP contribution in [-0.2, 0) is 4.79 Å². The molecule has 3 rings (SSSR count). The van der Waals surface area contributed by atoms with Crippen LogP contribution >= 0.6 is 12.2 Å². The van der Waals surface area contributed by atoms with Crippen molar-refractivity contribution in [3.63, 3.8) is 0 Å². The number of phenolic OH excluding ortho intramolecular Hbond substituents is 1. The third-order valence-corrected chi connectivity index (χ3v) is 4.53. The number of phenols is 1. The van der Waals surface area contributed by atoms with E-state index in [1.807, 2.05) is 6.07 Å². The van der Waals surface area contributed by atoms with Crippen LogP contribution in [0.4, 0.5) is 11.4 Å². The smallest absolute Gasteiger partial charge is 0.315 e. The molecule has 0 saturated carbocycles. The maximum absolute atomic E-state index is 12.9. The van der Waals surface area contributed by atoms with Crippen LogP contribution < -0.4 is 9.64 Å². The van der Waals surface area contributed by atoms with Gasteiger partial charge in [0.25, 0.3) is 5.91 Å². The van der Waals surface area contributed by atoms with Gasteiger partial charge >= 0.3 is 5.69 Å². The molecule has 0 radical (unpaired) electrons. The van der Waals surface area contributed by atoms with Crippen LogP contribution in [0.25, 0.3) is 6.08 Å². The summed E-state index contributed by atoms with van der Waals surface area (Å²) in [5.41, 5.74) is 0.670. The Bertz CT molecular complexity index is 974. The molecule has 2 aromatic rings. The average Bonchev–Trinajstić information content (AvgIpc) is 2.86. The van der Waals surface area contributed by atoms with Gasteiger partial charge in [0, 0.05) is 13.1 Å². The van der Waals surface area contributed by atoms with Gasteiger partial charge in [-0.3, -0.25) is 19.8 Å². The lowest BCUT2D eigenvalue weighted by Crippen LogP contribution is -2.30. The van der Waals surface area contributed by atoms with Crippen LogP contribution in [-0.4, -0.2) is 40.1 Å². The molecule has 27 heavy (non-hydrogen) atoms. The van der Waals surface area contributed by atoms with E-state index < -0.39 is 16.4 Å². The predicted molar refractivity (Wildman–Crippen MR) is 104 cm³/mol. The van der Waals surface area contributed by atoms with Gasteiger partial charge in [-0.15, -0.1) is 0 Å². The van der Waals surface area contributed by atoms with E-state index in [1.165, 1.54) is 35.1 Å².